The molecule has 2 fully saturated rings. The minimum Gasteiger partial charge on any atom is -0.480 e. The SMILES string of the molecule is O=C(O)COC1CCN(C(=O)C2CNC2)CC1. The van der Waals surface area contributed by atoms with Gasteiger partial charge >= 0.3 is 5.97 Å². The maximum absolute atomic E-state index is 11.9. The summed E-state index contributed by atoms with van der Waals surface area (Å²) in [5, 5.41) is 11.6. The first-order valence-corrected chi connectivity index (χ1v) is 5.99. The van der Waals surface area contributed by atoms with Gasteiger partial charge in [-0.3, -0.25) is 4.79 Å². The zero-order chi connectivity index (χ0) is 12.3. The van der Waals surface area contributed by atoms with E-state index in [4.69, 9.17) is 9.84 Å². The van der Waals surface area contributed by atoms with Crippen LogP contribution in [-0.2, 0) is 14.3 Å². The normalized spacial score (nSPS) is 22.2. The lowest BCUT2D eigenvalue weighted by atomic mass is 9.99. The molecule has 0 radical (unpaired) electrons. The maximum Gasteiger partial charge on any atom is 0.329 e. The lowest BCUT2D eigenvalue weighted by molar-refractivity contribution is -0.148. The van der Waals surface area contributed by atoms with Crippen LogP contribution in [0.1, 0.15) is 12.8 Å². The molecule has 96 valence electrons. The third-order valence-electron chi connectivity index (χ3n) is 3.33. The highest BCUT2D eigenvalue weighted by Crippen LogP contribution is 2.17. The third kappa shape index (κ3) is 3.17. The number of rotatable bonds is 4. The minimum atomic E-state index is -0.941. The summed E-state index contributed by atoms with van der Waals surface area (Å²) in [6.07, 6.45) is 1.45. The van der Waals surface area contributed by atoms with Gasteiger partial charge in [-0.25, -0.2) is 4.79 Å². The minimum absolute atomic E-state index is 0.0188. The topological polar surface area (TPSA) is 78.9 Å². The zero-order valence-electron chi connectivity index (χ0n) is 9.72. The molecule has 17 heavy (non-hydrogen) atoms. The molecule has 0 aromatic carbocycles. The summed E-state index contributed by atoms with van der Waals surface area (Å²) in [4.78, 5) is 24.1. The number of likely N-dealkylation sites (tertiary alicyclic amines) is 1. The van der Waals surface area contributed by atoms with E-state index in [1.807, 2.05) is 4.90 Å². The van der Waals surface area contributed by atoms with Crippen LogP contribution < -0.4 is 5.32 Å². The number of aliphatic carboxylic acids is 1. The average Bonchev–Trinajstić information content (AvgIpc) is 2.24. The molecule has 2 aliphatic rings. The summed E-state index contributed by atoms with van der Waals surface area (Å²) in [7, 11) is 0. The van der Waals surface area contributed by atoms with Crippen molar-refractivity contribution in [1.29, 1.82) is 0 Å². The van der Waals surface area contributed by atoms with Crippen molar-refractivity contribution in [2.45, 2.75) is 18.9 Å². The Balaban J connectivity index is 1.70. The molecule has 0 saturated carbocycles. The van der Waals surface area contributed by atoms with Gasteiger partial charge in [-0.1, -0.05) is 0 Å². The van der Waals surface area contributed by atoms with E-state index < -0.39 is 5.97 Å². The number of carbonyl (C=O) groups excluding carboxylic acids is 1. The number of hydrogen-bond donors (Lipinski definition) is 2. The van der Waals surface area contributed by atoms with Gasteiger partial charge in [0.2, 0.25) is 5.91 Å². The first-order valence-electron chi connectivity index (χ1n) is 5.99. The largest absolute Gasteiger partial charge is 0.480 e. The van der Waals surface area contributed by atoms with E-state index in [2.05, 4.69) is 5.32 Å². The number of hydrogen-bond acceptors (Lipinski definition) is 4. The summed E-state index contributed by atoms with van der Waals surface area (Å²) in [5.41, 5.74) is 0. The van der Waals surface area contributed by atoms with Gasteiger partial charge in [0.05, 0.1) is 12.0 Å². The number of nitrogens with one attached hydrogen (secondary N) is 1. The smallest absolute Gasteiger partial charge is 0.329 e. The highest BCUT2D eigenvalue weighted by atomic mass is 16.5. The Labute approximate surface area is 99.9 Å². The van der Waals surface area contributed by atoms with E-state index in [-0.39, 0.29) is 24.5 Å². The number of amides is 1. The van der Waals surface area contributed by atoms with Gasteiger partial charge < -0.3 is 20.1 Å². The molecular formula is C11H18N2O4. The van der Waals surface area contributed by atoms with Gasteiger partial charge in [0.25, 0.3) is 0 Å². The second-order valence-electron chi connectivity index (χ2n) is 4.58. The Hall–Kier alpha value is -1.14. The Morgan fingerprint density at radius 3 is 2.41 bits per heavy atom. The zero-order valence-corrected chi connectivity index (χ0v) is 9.72. The predicted octanol–water partition coefficient (Wildman–Crippen LogP) is -0.702. The van der Waals surface area contributed by atoms with E-state index in [1.54, 1.807) is 0 Å². The van der Waals surface area contributed by atoms with Crippen LogP contribution in [-0.4, -0.2) is 60.8 Å². The van der Waals surface area contributed by atoms with Crippen LogP contribution in [0.4, 0.5) is 0 Å². The Bertz CT molecular complexity index is 296. The molecule has 2 heterocycles. The van der Waals surface area contributed by atoms with Gasteiger partial charge in [0.15, 0.2) is 0 Å². The van der Waals surface area contributed by atoms with Crippen LogP contribution in [0, 0.1) is 5.92 Å². The quantitative estimate of drug-likeness (QED) is 0.681. The van der Waals surface area contributed by atoms with E-state index in [9.17, 15) is 9.59 Å². The summed E-state index contributed by atoms with van der Waals surface area (Å²) in [6.45, 7) is 2.69. The average molecular weight is 242 g/mol. The Morgan fingerprint density at radius 2 is 1.94 bits per heavy atom. The van der Waals surface area contributed by atoms with Crippen molar-refractivity contribution in [2.24, 2.45) is 5.92 Å². The predicted molar refractivity (Wildman–Crippen MR) is 59.5 cm³/mol. The molecule has 2 N–H and O–H groups in total. The fourth-order valence-corrected chi connectivity index (χ4v) is 2.15. The number of nitrogens with zero attached hydrogens (tertiary/aromatic N) is 1. The highest BCUT2D eigenvalue weighted by Gasteiger charge is 2.31. The van der Waals surface area contributed by atoms with Crippen LogP contribution in [0.2, 0.25) is 0 Å². The van der Waals surface area contributed by atoms with Gasteiger partial charge in [0, 0.05) is 26.2 Å². The summed E-state index contributed by atoms with van der Waals surface area (Å²) in [5.74, 6) is -0.573. The lowest BCUT2D eigenvalue weighted by Crippen LogP contribution is -2.54. The standard InChI is InChI=1S/C11H18N2O4/c14-10(15)7-17-9-1-3-13(4-2-9)11(16)8-5-12-6-8/h8-9,12H,1-7H2,(H,14,15). The number of ether oxygens (including phenoxy) is 1. The molecule has 0 bridgehead atoms. The fourth-order valence-electron chi connectivity index (χ4n) is 2.15. The summed E-state index contributed by atoms with van der Waals surface area (Å²) in [6, 6.07) is 0. The number of carbonyl (C=O) groups is 2. The van der Waals surface area contributed by atoms with Crippen LogP contribution >= 0.6 is 0 Å². The second kappa shape index (κ2) is 5.46. The molecule has 2 aliphatic heterocycles. The number of carboxylic acids is 1. The molecule has 0 unspecified atom stereocenters. The highest BCUT2D eigenvalue weighted by molar-refractivity contribution is 5.80. The van der Waals surface area contributed by atoms with Gasteiger partial charge in [-0.05, 0) is 12.8 Å². The van der Waals surface area contributed by atoms with E-state index in [1.165, 1.54) is 0 Å². The molecule has 6 heteroatoms. The third-order valence-corrected chi connectivity index (χ3v) is 3.33. The summed E-state index contributed by atoms with van der Waals surface area (Å²) >= 11 is 0. The molecule has 2 rings (SSSR count). The molecule has 0 aliphatic carbocycles. The second-order valence-corrected chi connectivity index (χ2v) is 4.58. The van der Waals surface area contributed by atoms with Crippen LogP contribution in [0.15, 0.2) is 0 Å². The van der Waals surface area contributed by atoms with Crippen LogP contribution in [0.3, 0.4) is 0 Å². The molecule has 0 atom stereocenters. The lowest BCUT2D eigenvalue weighted by Gasteiger charge is -2.36. The van der Waals surface area contributed by atoms with Gasteiger partial charge in [0.1, 0.15) is 6.61 Å². The fraction of sp³-hybridized carbons (Fsp3) is 0.818. The van der Waals surface area contributed by atoms with Crippen molar-refractivity contribution in [3.05, 3.63) is 0 Å². The molecule has 0 aromatic heterocycles. The van der Waals surface area contributed by atoms with Crippen molar-refractivity contribution < 1.29 is 19.4 Å². The maximum atomic E-state index is 11.9. The summed E-state index contributed by atoms with van der Waals surface area (Å²) < 4.78 is 5.22. The van der Waals surface area contributed by atoms with Gasteiger partial charge in [-0.15, -0.1) is 0 Å². The first-order chi connectivity index (χ1) is 8.16. The number of carboxylic acid groups (broad SMARTS) is 1. The Kier molecular flexibility index (Phi) is 3.96. The molecule has 6 nitrogen and oxygen atoms in total. The van der Waals surface area contributed by atoms with Crippen molar-refractivity contribution in [3.63, 3.8) is 0 Å². The van der Waals surface area contributed by atoms with Crippen molar-refractivity contribution >= 4 is 11.9 Å². The molecule has 1 amide bonds. The van der Waals surface area contributed by atoms with E-state index >= 15 is 0 Å². The molecule has 2 saturated heterocycles. The Morgan fingerprint density at radius 1 is 1.29 bits per heavy atom. The first kappa shape index (κ1) is 12.3. The van der Waals surface area contributed by atoms with Gasteiger partial charge in [-0.2, -0.15) is 0 Å². The van der Waals surface area contributed by atoms with Crippen molar-refractivity contribution in [3.8, 4) is 0 Å². The number of piperidine rings is 1. The van der Waals surface area contributed by atoms with Crippen molar-refractivity contribution in [1.82, 2.24) is 10.2 Å². The van der Waals surface area contributed by atoms with Crippen molar-refractivity contribution in [2.75, 3.05) is 32.8 Å². The van der Waals surface area contributed by atoms with E-state index in [0.29, 0.717) is 13.1 Å². The molecule has 0 spiro atoms. The van der Waals surface area contributed by atoms with Crippen LogP contribution in [0.25, 0.3) is 0 Å². The molecule has 0 aromatic rings. The molecular weight excluding hydrogens is 224 g/mol. The van der Waals surface area contributed by atoms with E-state index in [0.717, 1.165) is 25.9 Å². The monoisotopic (exact) mass is 242 g/mol. The van der Waals surface area contributed by atoms with Crippen LogP contribution in [0.5, 0.6) is 0 Å².